The average molecular weight is 234 g/mol. The number of Topliss-reactive ketones (excluding diaryl/α,β-unsaturated/α-hetero) is 3. The van der Waals surface area contributed by atoms with Gasteiger partial charge in [0.1, 0.15) is 5.75 Å². The highest BCUT2D eigenvalue weighted by Gasteiger charge is 2.21. The summed E-state index contributed by atoms with van der Waals surface area (Å²) in [5.74, 6) is -0.470. The van der Waals surface area contributed by atoms with Crippen molar-refractivity contribution >= 4 is 17.3 Å². The highest BCUT2D eigenvalue weighted by molar-refractivity contribution is 6.03. The predicted molar refractivity (Wildman–Crippen MR) is 62.2 cm³/mol. The van der Waals surface area contributed by atoms with Gasteiger partial charge in [0, 0.05) is 5.56 Å². The first-order valence-corrected chi connectivity index (χ1v) is 5.20. The third-order valence-corrected chi connectivity index (χ3v) is 2.23. The molecule has 0 saturated heterocycles. The minimum absolute atomic E-state index is 0.0994. The van der Waals surface area contributed by atoms with Crippen LogP contribution in [0.15, 0.2) is 24.3 Å². The first-order valence-electron chi connectivity index (χ1n) is 5.20. The standard InChI is InChI=1S/C13H14O4/c1-8(14)11-5-4-6-12(7-11)17-13(9(2)15)10(3)16/h4-7,13H,1-3H3. The molecule has 0 aliphatic heterocycles. The van der Waals surface area contributed by atoms with Crippen molar-refractivity contribution in [3.63, 3.8) is 0 Å². The second-order valence-corrected chi connectivity index (χ2v) is 3.80. The number of hydrogen-bond donors (Lipinski definition) is 0. The van der Waals surface area contributed by atoms with Gasteiger partial charge in [0.15, 0.2) is 17.3 Å². The summed E-state index contributed by atoms with van der Waals surface area (Å²) in [7, 11) is 0. The molecule has 0 N–H and O–H groups in total. The van der Waals surface area contributed by atoms with E-state index < -0.39 is 6.10 Å². The molecule has 0 saturated carbocycles. The molecule has 0 aliphatic rings. The van der Waals surface area contributed by atoms with E-state index >= 15 is 0 Å². The van der Waals surface area contributed by atoms with Crippen LogP contribution in [-0.2, 0) is 9.59 Å². The maximum atomic E-state index is 11.2. The maximum Gasteiger partial charge on any atom is 0.214 e. The Morgan fingerprint density at radius 1 is 1.06 bits per heavy atom. The molecule has 0 heterocycles. The molecule has 1 aromatic carbocycles. The van der Waals surface area contributed by atoms with E-state index in [1.165, 1.54) is 26.8 Å². The molecule has 0 unspecified atom stereocenters. The van der Waals surface area contributed by atoms with Crippen molar-refractivity contribution in [3.8, 4) is 5.75 Å². The summed E-state index contributed by atoms with van der Waals surface area (Å²) in [5.41, 5.74) is 0.480. The van der Waals surface area contributed by atoms with E-state index in [2.05, 4.69) is 0 Å². The molecule has 90 valence electrons. The number of carbonyl (C=O) groups is 3. The van der Waals surface area contributed by atoms with Gasteiger partial charge in [0.2, 0.25) is 6.10 Å². The average Bonchev–Trinajstić information content (AvgIpc) is 2.25. The number of hydrogen-bond acceptors (Lipinski definition) is 4. The monoisotopic (exact) mass is 234 g/mol. The van der Waals surface area contributed by atoms with Gasteiger partial charge in [-0.15, -0.1) is 0 Å². The van der Waals surface area contributed by atoms with E-state index in [1.54, 1.807) is 18.2 Å². The minimum atomic E-state index is -1.10. The molecular weight excluding hydrogens is 220 g/mol. The lowest BCUT2D eigenvalue weighted by Gasteiger charge is -2.13. The predicted octanol–water partition coefficient (Wildman–Crippen LogP) is 1.81. The Bertz CT molecular complexity index is 448. The van der Waals surface area contributed by atoms with Crippen LogP contribution in [0.3, 0.4) is 0 Å². The van der Waals surface area contributed by atoms with Crippen LogP contribution in [0.2, 0.25) is 0 Å². The zero-order chi connectivity index (χ0) is 13.0. The topological polar surface area (TPSA) is 60.4 Å². The van der Waals surface area contributed by atoms with Crippen molar-refractivity contribution in [1.29, 1.82) is 0 Å². The summed E-state index contributed by atoms with van der Waals surface area (Å²) in [5, 5.41) is 0. The Labute approximate surface area is 99.6 Å². The van der Waals surface area contributed by atoms with E-state index in [-0.39, 0.29) is 17.3 Å². The number of ether oxygens (including phenoxy) is 1. The minimum Gasteiger partial charge on any atom is -0.475 e. The number of ketones is 3. The summed E-state index contributed by atoms with van der Waals surface area (Å²) in [6, 6.07) is 6.40. The largest absolute Gasteiger partial charge is 0.475 e. The first-order chi connectivity index (χ1) is 7.91. The second-order valence-electron chi connectivity index (χ2n) is 3.80. The van der Waals surface area contributed by atoms with Gasteiger partial charge in [-0.25, -0.2) is 0 Å². The van der Waals surface area contributed by atoms with Gasteiger partial charge in [0.05, 0.1) is 0 Å². The lowest BCUT2D eigenvalue weighted by Crippen LogP contribution is -2.32. The van der Waals surface area contributed by atoms with Crippen molar-refractivity contribution in [2.24, 2.45) is 0 Å². The van der Waals surface area contributed by atoms with Crippen LogP contribution in [0.25, 0.3) is 0 Å². The number of benzene rings is 1. The quantitative estimate of drug-likeness (QED) is 0.576. The van der Waals surface area contributed by atoms with Crippen LogP contribution >= 0.6 is 0 Å². The summed E-state index contributed by atoms with van der Waals surface area (Å²) < 4.78 is 5.28. The van der Waals surface area contributed by atoms with Crippen LogP contribution in [0.1, 0.15) is 31.1 Å². The fourth-order valence-electron chi connectivity index (χ4n) is 1.38. The normalized spacial score (nSPS) is 10.1. The van der Waals surface area contributed by atoms with Gasteiger partial charge in [0.25, 0.3) is 0 Å². The molecule has 4 heteroatoms. The molecule has 1 aromatic rings. The fraction of sp³-hybridized carbons (Fsp3) is 0.308. The second kappa shape index (κ2) is 5.39. The highest BCUT2D eigenvalue weighted by Crippen LogP contribution is 2.16. The van der Waals surface area contributed by atoms with Gasteiger partial charge < -0.3 is 4.74 Å². The van der Waals surface area contributed by atoms with Crippen LogP contribution in [-0.4, -0.2) is 23.5 Å². The summed E-state index contributed by atoms with van der Waals surface area (Å²) >= 11 is 0. The van der Waals surface area contributed by atoms with E-state index in [9.17, 15) is 14.4 Å². The molecule has 0 aliphatic carbocycles. The van der Waals surface area contributed by atoms with Crippen LogP contribution < -0.4 is 4.74 Å². The fourth-order valence-corrected chi connectivity index (χ4v) is 1.38. The summed E-state index contributed by atoms with van der Waals surface area (Å²) in [6.45, 7) is 4.02. The van der Waals surface area contributed by atoms with E-state index in [1.807, 2.05) is 0 Å². The maximum absolute atomic E-state index is 11.2. The molecule has 0 radical (unpaired) electrons. The zero-order valence-electron chi connectivity index (χ0n) is 10.0. The van der Waals surface area contributed by atoms with Crippen molar-refractivity contribution in [1.82, 2.24) is 0 Å². The van der Waals surface area contributed by atoms with Gasteiger partial charge in [-0.05, 0) is 32.9 Å². The third-order valence-electron chi connectivity index (χ3n) is 2.23. The molecule has 0 aromatic heterocycles. The van der Waals surface area contributed by atoms with Crippen LogP contribution in [0.5, 0.6) is 5.75 Å². The Morgan fingerprint density at radius 2 is 1.65 bits per heavy atom. The molecule has 1 rings (SSSR count). The lowest BCUT2D eigenvalue weighted by atomic mass is 10.1. The van der Waals surface area contributed by atoms with Crippen molar-refractivity contribution < 1.29 is 19.1 Å². The lowest BCUT2D eigenvalue weighted by molar-refractivity contribution is -0.134. The zero-order valence-corrected chi connectivity index (χ0v) is 10.0. The SMILES string of the molecule is CC(=O)c1cccc(OC(C(C)=O)C(C)=O)c1. The first kappa shape index (κ1) is 13.1. The molecule has 0 bridgehead atoms. The Balaban J connectivity index is 2.94. The molecule has 0 amide bonds. The molecular formula is C13H14O4. The molecule has 17 heavy (non-hydrogen) atoms. The number of rotatable bonds is 5. The van der Waals surface area contributed by atoms with Gasteiger partial charge in [-0.2, -0.15) is 0 Å². The smallest absolute Gasteiger partial charge is 0.214 e. The summed E-state index contributed by atoms with van der Waals surface area (Å²) in [4.78, 5) is 33.6. The Morgan fingerprint density at radius 3 is 2.12 bits per heavy atom. The number of carbonyl (C=O) groups excluding carboxylic acids is 3. The third kappa shape index (κ3) is 3.52. The van der Waals surface area contributed by atoms with Crippen molar-refractivity contribution in [2.45, 2.75) is 26.9 Å². The van der Waals surface area contributed by atoms with E-state index in [4.69, 9.17) is 4.74 Å². The van der Waals surface area contributed by atoms with Crippen molar-refractivity contribution in [3.05, 3.63) is 29.8 Å². The Hall–Kier alpha value is -1.97. The van der Waals surface area contributed by atoms with Crippen molar-refractivity contribution in [2.75, 3.05) is 0 Å². The van der Waals surface area contributed by atoms with Gasteiger partial charge >= 0.3 is 0 Å². The molecule has 4 nitrogen and oxygen atoms in total. The van der Waals surface area contributed by atoms with E-state index in [0.29, 0.717) is 11.3 Å². The van der Waals surface area contributed by atoms with Gasteiger partial charge in [-0.3, -0.25) is 14.4 Å². The van der Waals surface area contributed by atoms with Gasteiger partial charge in [-0.1, -0.05) is 12.1 Å². The molecule has 0 atom stereocenters. The molecule has 0 spiro atoms. The van der Waals surface area contributed by atoms with Crippen LogP contribution in [0, 0.1) is 0 Å². The van der Waals surface area contributed by atoms with Crippen LogP contribution in [0.4, 0.5) is 0 Å². The Kier molecular flexibility index (Phi) is 4.15. The molecule has 0 fully saturated rings. The highest BCUT2D eigenvalue weighted by atomic mass is 16.5. The summed E-state index contributed by atoms with van der Waals surface area (Å²) in [6.07, 6.45) is -1.10. The van der Waals surface area contributed by atoms with E-state index in [0.717, 1.165) is 0 Å².